The summed E-state index contributed by atoms with van der Waals surface area (Å²) in [6.07, 6.45) is 1.92. The second-order valence-electron chi connectivity index (χ2n) is 9.16. The third kappa shape index (κ3) is 5.06. The molecule has 0 bridgehead atoms. The lowest BCUT2D eigenvalue weighted by molar-refractivity contribution is 0.0971. The van der Waals surface area contributed by atoms with Gasteiger partial charge >= 0.3 is 0 Å². The molecule has 1 aromatic heterocycles. The first-order valence-electron chi connectivity index (χ1n) is 13.2. The molecule has 0 radical (unpaired) electrons. The molecule has 1 atom stereocenters. The number of fused-ring (bicyclic) bond motifs is 2. The molecular formula is C31H30ClNO6. The zero-order valence-corrected chi connectivity index (χ0v) is 22.9. The van der Waals surface area contributed by atoms with E-state index in [1.54, 1.807) is 47.4 Å². The van der Waals surface area contributed by atoms with Gasteiger partial charge in [0.1, 0.15) is 11.3 Å². The second kappa shape index (κ2) is 11.4. The van der Waals surface area contributed by atoms with Crippen LogP contribution in [0.5, 0.6) is 17.2 Å². The van der Waals surface area contributed by atoms with Gasteiger partial charge < -0.3 is 18.6 Å². The number of hydrogen-bond acceptors (Lipinski definition) is 6. The molecule has 1 aliphatic rings. The van der Waals surface area contributed by atoms with E-state index in [2.05, 4.69) is 6.92 Å². The van der Waals surface area contributed by atoms with Gasteiger partial charge in [-0.15, -0.1) is 0 Å². The first kappa shape index (κ1) is 26.6. The molecule has 7 nitrogen and oxygen atoms in total. The van der Waals surface area contributed by atoms with Crippen LogP contribution in [-0.4, -0.2) is 25.7 Å². The highest BCUT2D eigenvalue weighted by Crippen LogP contribution is 2.43. The van der Waals surface area contributed by atoms with Crippen molar-refractivity contribution in [2.45, 2.75) is 39.7 Å². The lowest BCUT2D eigenvalue weighted by Gasteiger charge is -2.26. The highest BCUT2D eigenvalue weighted by atomic mass is 35.5. The summed E-state index contributed by atoms with van der Waals surface area (Å²) in [5.41, 5.74) is 1.55. The van der Waals surface area contributed by atoms with Gasteiger partial charge in [0.15, 0.2) is 16.9 Å². The van der Waals surface area contributed by atoms with Crippen LogP contribution in [0.3, 0.4) is 0 Å². The third-order valence-corrected chi connectivity index (χ3v) is 6.83. The molecular weight excluding hydrogens is 518 g/mol. The minimum absolute atomic E-state index is 0.00920. The quantitative estimate of drug-likeness (QED) is 0.196. The van der Waals surface area contributed by atoms with Gasteiger partial charge in [-0.05, 0) is 80.4 Å². The van der Waals surface area contributed by atoms with Gasteiger partial charge in [0.2, 0.25) is 5.76 Å². The van der Waals surface area contributed by atoms with Crippen molar-refractivity contribution in [2.75, 3.05) is 24.7 Å². The van der Waals surface area contributed by atoms with E-state index in [4.69, 9.17) is 30.2 Å². The second-order valence-corrected chi connectivity index (χ2v) is 9.60. The van der Waals surface area contributed by atoms with Gasteiger partial charge in [0.25, 0.3) is 5.91 Å². The van der Waals surface area contributed by atoms with Gasteiger partial charge in [-0.25, -0.2) is 0 Å². The van der Waals surface area contributed by atoms with Crippen molar-refractivity contribution in [3.05, 3.63) is 92.8 Å². The van der Waals surface area contributed by atoms with Crippen LogP contribution in [0.15, 0.2) is 69.9 Å². The number of nitrogens with zero attached hydrogens (tertiary/aromatic N) is 1. The van der Waals surface area contributed by atoms with Gasteiger partial charge in [-0.3, -0.25) is 14.5 Å². The molecule has 202 valence electrons. The minimum Gasteiger partial charge on any atom is -0.494 e. The molecule has 2 heterocycles. The fourth-order valence-electron chi connectivity index (χ4n) is 4.81. The molecule has 1 amide bonds. The van der Waals surface area contributed by atoms with Gasteiger partial charge in [0.05, 0.1) is 36.8 Å². The van der Waals surface area contributed by atoms with Crippen molar-refractivity contribution in [2.24, 2.45) is 0 Å². The molecule has 0 spiro atoms. The van der Waals surface area contributed by atoms with Crippen LogP contribution in [-0.2, 0) is 0 Å². The fraction of sp³-hybridized carbons (Fsp3) is 0.290. The third-order valence-electron chi connectivity index (χ3n) is 6.60. The van der Waals surface area contributed by atoms with Crippen LogP contribution in [0.1, 0.15) is 61.3 Å². The van der Waals surface area contributed by atoms with Crippen LogP contribution in [0.25, 0.3) is 11.0 Å². The Bertz CT molecular complexity index is 1560. The predicted octanol–water partition coefficient (Wildman–Crippen LogP) is 7.17. The van der Waals surface area contributed by atoms with Crippen molar-refractivity contribution in [3.8, 4) is 17.2 Å². The lowest BCUT2D eigenvalue weighted by Crippen LogP contribution is -2.29. The molecule has 0 fully saturated rings. The van der Waals surface area contributed by atoms with Crippen molar-refractivity contribution < 1.29 is 23.4 Å². The largest absolute Gasteiger partial charge is 0.494 e. The number of carbonyl (C=O) groups excluding carboxylic acids is 1. The number of unbranched alkanes of at least 4 members (excludes halogenated alkanes) is 1. The maximum Gasteiger partial charge on any atom is 0.295 e. The predicted molar refractivity (Wildman–Crippen MR) is 152 cm³/mol. The first-order valence-corrected chi connectivity index (χ1v) is 13.6. The highest BCUT2D eigenvalue weighted by Gasteiger charge is 2.44. The highest BCUT2D eigenvalue weighted by molar-refractivity contribution is 6.31. The average Bonchev–Trinajstić information content (AvgIpc) is 3.23. The van der Waals surface area contributed by atoms with Gasteiger partial charge in [-0.2, -0.15) is 0 Å². The molecule has 3 aromatic carbocycles. The van der Waals surface area contributed by atoms with Crippen LogP contribution in [0, 0.1) is 0 Å². The minimum atomic E-state index is -0.756. The number of ether oxygens (including phenoxy) is 3. The molecule has 0 aliphatic carbocycles. The Balaban J connectivity index is 1.69. The molecule has 1 aliphatic heterocycles. The Morgan fingerprint density at radius 1 is 0.872 bits per heavy atom. The summed E-state index contributed by atoms with van der Waals surface area (Å²) in [6, 6.07) is 16.8. The summed E-state index contributed by atoms with van der Waals surface area (Å²) in [5.74, 6) is 1.45. The summed E-state index contributed by atoms with van der Waals surface area (Å²) in [4.78, 5) is 29.4. The number of benzene rings is 3. The van der Waals surface area contributed by atoms with Crippen molar-refractivity contribution in [1.82, 2.24) is 0 Å². The van der Waals surface area contributed by atoms with Crippen LogP contribution < -0.4 is 24.5 Å². The zero-order chi connectivity index (χ0) is 27.5. The monoisotopic (exact) mass is 547 g/mol. The van der Waals surface area contributed by atoms with E-state index in [9.17, 15) is 9.59 Å². The molecule has 1 unspecified atom stereocenters. The molecule has 5 rings (SSSR count). The Morgan fingerprint density at radius 2 is 1.64 bits per heavy atom. The van der Waals surface area contributed by atoms with Gasteiger partial charge in [-0.1, -0.05) is 31.0 Å². The smallest absolute Gasteiger partial charge is 0.295 e. The Labute approximate surface area is 231 Å². The maximum absolute atomic E-state index is 13.9. The molecule has 0 saturated carbocycles. The van der Waals surface area contributed by atoms with E-state index in [1.807, 2.05) is 32.0 Å². The number of hydrogen-bond donors (Lipinski definition) is 0. The van der Waals surface area contributed by atoms with Crippen LogP contribution in [0.2, 0.25) is 5.02 Å². The molecule has 4 aromatic rings. The average molecular weight is 548 g/mol. The Morgan fingerprint density at radius 3 is 2.36 bits per heavy atom. The van der Waals surface area contributed by atoms with Crippen molar-refractivity contribution >= 4 is 34.2 Å². The van der Waals surface area contributed by atoms with Crippen LogP contribution in [0.4, 0.5) is 5.69 Å². The molecule has 8 heteroatoms. The number of anilines is 1. The zero-order valence-electron chi connectivity index (χ0n) is 22.2. The van der Waals surface area contributed by atoms with Crippen molar-refractivity contribution in [1.29, 1.82) is 0 Å². The Kier molecular flexibility index (Phi) is 7.79. The lowest BCUT2D eigenvalue weighted by atomic mass is 9.97. The maximum atomic E-state index is 13.9. The van der Waals surface area contributed by atoms with Crippen molar-refractivity contribution in [3.63, 3.8) is 0 Å². The summed E-state index contributed by atoms with van der Waals surface area (Å²) in [7, 11) is 0. The van der Waals surface area contributed by atoms with E-state index in [0.717, 1.165) is 12.8 Å². The molecule has 0 saturated heterocycles. The van der Waals surface area contributed by atoms with E-state index >= 15 is 0 Å². The SMILES string of the molecule is CCCCOc1ccc(C2c3c(oc4ccc(Cl)cc4c3=O)C(=O)N2c2ccc(OCC)cc2)cc1OCC. The van der Waals surface area contributed by atoms with E-state index in [0.29, 0.717) is 64.3 Å². The Hall–Kier alpha value is -3.97. The fourth-order valence-corrected chi connectivity index (χ4v) is 4.98. The standard InChI is InChI=1S/C31H30ClNO6/c1-4-7-16-38-25-14-8-19(17-26(25)37-6-3)28-27-29(34)23-18-20(32)9-15-24(23)39-30(27)31(35)33(28)21-10-12-22(13-11-21)36-5-2/h8-15,17-18,28H,4-7,16H2,1-3H3. The summed E-state index contributed by atoms with van der Waals surface area (Å²) in [6.45, 7) is 7.42. The van der Waals surface area contributed by atoms with E-state index < -0.39 is 11.9 Å². The normalized spacial score (nSPS) is 14.5. The topological polar surface area (TPSA) is 78.2 Å². The number of halogens is 1. The van der Waals surface area contributed by atoms with E-state index in [1.165, 1.54) is 0 Å². The number of carbonyl (C=O) groups is 1. The summed E-state index contributed by atoms with van der Waals surface area (Å²) in [5, 5.41) is 0.725. The van der Waals surface area contributed by atoms with Gasteiger partial charge in [0, 0.05) is 10.7 Å². The first-order chi connectivity index (χ1) is 19.0. The summed E-state index contributed by atoms with van der Waals surface area (Å²) >= 11 is 6.21. The van der Waals surface area contributed by atoms with Crippen LogP contribution >= 0.6 is 11.6 Å². The molecule has 0 N–H and O–H groups in total. The van der Waals surface area contributed by atoms with E-state index in [-0.39, 0.29) is 16.8 Å². The number of rotatable bonds is 10. The number of amides is 1. The molecule has 39 heavy (non-hydrogen) atoms. The summed E-state index contributed by atoms with van der Waals surface area (Å²) < 4.78 is 23.5.